The number of methoxy groups -OCH3 is 1. The van der Waals surface area contributed by atoms with E-state index in [1.807, 2.05) is 0 Å². The number of carbonyl (C=O) groups excluding carboxylic acids is 3. The number of benzene rings is 1. The highest BCUT2D eigenvalue weighted by Crippen LogP contribution is 2.20. The van der Waals surface area contributed by atoms with Gasteiger partial charge in [0.15, 0.2) is 5.78 Å². The molecule has 1 fully saturated rings. The van der Waals surface area contributed by atoms with Crippen LogP contribution >= 0.6 is 0 Å². The fourth-order valence-electron chi connectivity index (χ4n) is 2.06. The van der Waals surface area contributed by atoms with Gasteiger partial charge in [-0.15, -0.1) is 0 Å². The highest BCUT2D eigenvalue weighted by molar-refractivity contribution is 6.03. The number of piperazine rings is 1. The minimum Gasteiger partial charge on any atom is -0.496 e. The molecule has 1 saturated heterocycles. The third-order valence-electron chi connectivity index (χ3n) is 3.27. The van der Waals surface area contributed by atoms with E-state index >= 15 is 0 Å². The van der Waals surface area contributed by atoms with E-state index in [9.17, 15) is 18.8 Å². The van der Waals surface area contributed by atoms with Gasteiger partial charge in [0.2, 0.25) is 11.8 Å². The lowest BCUT2D eigenvalue weighted by Crippen LogP contribution is -2.53. The van der Waals surface area contributed by atoms with Gasteiger partial charge in [0, 0.05) is 7.05 Å². The summed E-state index contributed by atoms with van der Waals surface area (Å²) in [4.78, 5) is 38.1. The molecule has 2 rings (SSSR count). The van der Waals surface area contributed by atoms with Gasteiger partial charge in [-0.25, -0.2) is 4.39 Å². The fourth-order valence-corrected chi connectivity index (χ4v) is 2.06. The standard InChI is InChI=1S/C14H15FN2O4/c1-16-7-14(20)17(8-13(16)19)6-11(18)10-5-9(15)3-4-12(10)21-2/h3-5H,6-8H2,1-2H3. The van der Waals surface area contributed by atoms with Crippen LogP contribution < -0.4 is 4.74 Å². The summed E-state index contributed by atoms with van der Waals surface area (Å²) < 4.78 is 18.3. The predicted molar refractivity (Wildman–Crippen MR) is 71.5 cm³/mol. The maximum atomic E-state index is 13.3. The van der Waals surface area contributed by atoms with E-state index in [2.05, 4.69) is 0 Å². The van der Waals surface area contributed by atoms with Crippen molar-refractivity contribution in [2.75, 3.05) is 33.8 Å². The molecule has 1 aromatic carbocycles. The van der Waals surface area contributed by atoms with Crippen LogP contribution in [0.4, 0.5) is 4.39 Å². The Kier molecular flexibility index (Phi) is 4.21. The van der Waals surface area contributed by atoms with Crippen molar-refractivity contribution in [1.29, 1.82) is 0 Å². The summed E-state index contributed by atoms with van der Waals surface area (Å²) in [5, 5.41) is 0. The average molecular weight is 294 g/mol. The molecule has 2 amide bonds. The molecule has 0 N–H and O–H groups in total. The number of hydrogen-bond acceptors (Lipinski definition) is 4. The summed E-state index contributed by atoms with van der Waals surface area (Å²) in [6, 6.07) is 3.59. The van der Waals surface area contributed by atoms with Gasteiger partial charge in [-0.2, -0.15) is 0 Å². The Balaban J connectivity index is 2.16. The molecule has 1 aliphatic rings. The van der Waals surface area contributed by atoms with Crippen LogP contribution in [0.5, 0.6) is 5.75 Å². The van der Waals surface area contributed by atoms with Crippen molar-refractivity contribution in [2.24, 2.45) is 0 Å². The number of likely N-dealkylation sites (N-methyl/N-ethyl adjacent to an activating group) is 1. The predicted octanol–water partition coefficient (Wildman–Crippen LogP) is 0.318. The second-order valence-corrected chi connectivity index (χ2v) is 4.77. The molecular weight excluding hydrogens is 279 g/mol. The largest absolute Gasteiger partial charge is 0.496 e. The SMILES string of the molecule is COc1ccc(F)cc1C(=O)CN1CC(=O)N(C)CC1=O. The van der Waals surface area contributed by atoms with Gasteiger partial charge in [0.25, 0.3) is 0 Å². The molecule has 0 aliphatic carbocycles. The third-order valence-corrected chi connectivity index (χ3v) is 3.27. The molecule has 1 heterocycles. The van der Waals surface area contributed by atoms with E-state index in [0.717, 1.165) is 11.0 Å². The summed E-state index contributed by atoms with van der Waals surface area (Å²) in [5.41, 5.74) is 0.0525. The quantitative estimate of drug-likeness (QED) is 0.750. The van der Waals surface area contributed by atoms with Crippen molar-refractivity contribution in [3.63, 3.8) is 0 Å². The molecule has 0 aromatic heterocycles. The van der Waals surface area contributed by atoms with E-state index in [0.29, 0.717) is 0 Å². The molecule has 0 atom stereocenters. The molecule has 7 heteroatoms. The maximum absolute atomic E-state index is 13.3. The number of halogens is 1. The Morgan fingerprint density at radius 3 is 2.67 bits per heavy atom. The first-order valence-electron chi connectivity index (χ1n) is 6.31. The number of ketones is 1. The first-order chi connectivity index (χ1) is 9.92. The number of amides is 2. The van der Waals surface area contributed by atoms with E-state index in [-0.39, 0.29) is 42.8 Å². The van der Waals surface area contributed by atoms with Gasteiger partial charge in [0.1, 0.15) is 18.1 Å². The van der Waals surface area contributed by atoms with Crippen LogP contribution in [0, 0.1) is 5.82 Å². The number of ether oxygens (including phenoxy) is 1. The van der Waals surface area contributed by atoms with Gasteiger partial charge in [-0.3, -0.25) is 14.4 Å². The van der Waals surface area contributed by atoms with Crippen molar-refractivity contribution in [1.82, 2.24) is 9.80 Å². The van der Waals surface area contributed by atoms with Crippen LogP contribution in [-0.4, -0.2) is 61.2 Å². The van der Waals surface area contributed by atoms with E-state index < -0.39 is 11.6 Å². The second-order valence-electron chi connectivity index (χ2n) is 4.77. The summed E-state index contributed by atoms with van der Waals surface area (Å²) >= 11 is 0. The third kappa shape index (κ3) is 3.18. The fraction of sp³-hybridized carbons (Fsp3) is 0.357. The zero-order valence-corrected chi connectivity index (χ0v) is 11.8. The molecule has 0 unspecified atom stereocenters. The van der Waals surface area contributed by atoms with Crippen molar-refractivity contribution in [3.8, 4) is 5.75 Å². The molecule has 0 radical (unpaired) electrons. The molecule has 0 saturated carbocycles. The zero-order valence-electron chi connectivity index (χ0n) is 11.8. The Morgan fingerprint density at radius 1 is 1.29 bits per heavy atom. The number of hydrogen-bond donors (Lipinski definition) is 0. The smallest absolute Gasteiger partial charge is 0.243 e. The van der Waals surface area contributed by atoms with Crippen molar-refractivity contribution in [2.45, 2.75) is 0 Å². The summed E-state index contributed by atoms with van der Waals surface area (Å²) in [6.07, 6.45) is 0. The van der Waals surface area contributed by atoms with Crippen molar-refractivity contribution >= 4 is 17.6 Å². The van der Waals surface area contributed by atoms with E-state index in [1.165, 1.54) is 31.2 Å². The van der Waals surface area contributed by atoms with Crippen LogP contribution in [-0.2, 0) is 9.59 Å². The van der Waals surface area contributed by atoms with Crippen LogP contribution in [0.15, 0.2) is 18.2 Å². The molecule has 112 valence electrons. The minimum atomic E-state index is -0.570. The molecule has 1 aromatic rings. The van der Waals surface area contributed by atoms with Gasteiger partial charge in [0.05, 0.1) is 25.8 Å². The van der Waals surface area contributed by atoms with E-state index in [1.54, 1.807) is 0 Å². The summed E-state index contributed by atoms with van der Waals surface area (Å²) in [6.45, 7) is -0.497. The van der Waals surface area contributed by atoms with Gasteiger partial charge < -0.3 is 14.5 Å². The molecule has 0 spiro atoms. The van der Waals surface area contributed by atoms with Gasteiger partial charge in [-0.1, -0.05) is 0 Å². The van der Waals surface area contributed by atoms with Gasteiger partial charge in [-0.05, 0) is 18.2 Å². The lowest BCUT2D eigenvalue weighted by atomic mass is 10.1. The number of rotatable bonds is 4. The first-order valence-corrected chi connectivity index (χ1v) is 6.31. The van der Waals surface area contributed by atoms with Crippen molar-refractivity contribution < 1.29 is 23.5 Å². The highest BCUT2D eigenvalue weighted by atomic mass is 19.1. The molecular formula is C14H15FN2O4. The second kappa shape index (κ2) is 5.90. The Morgan fingerprint density at radius 2 is 2.00 bits per heavy atom. The zero-order chi connectivity index (χ0) is 15.6. The van der Waals surface area contributed by atoms with Crippen LogP contribution in [0.25, 0.3) is 0 Å². The maximum Gasteiger partial charge on any atom is 0.243 e. The Hall–Kier alpha value is -2.44. The highest BCUT2D eigenvalue weighted by Gasteiger charge is 2.29. The van der Waals surface area contributed by atoms with Gasteiger partial charge >= 0.3 is 0 Å². The summed E-state index contributed by atoms with van der Waals surface area (Å²) in [7, 11) is 2.89. The minimum absolute atomic E-state index is 0.0525. The molecule has 21 heavy (non-hydrogen) atoms. The van der Waals surface area contributed by atoms with Crippen LogP contribution in [0.2, 0.25) is 0 Å². The average Bonchev–Trinajstić information content (AvgIpc) is 2.44. The normalized spacial score (nSPS) is 15.4. The molecule has 1 aliphatic heterocycles. The van der Waals surface area contributed by atoms with Crippen LogP contribution in [0.1, 0.15) is 10.4 Å². The molecule has 6 nitrogen and oxygen atoms in total. The lowest BCUT2D eigenvalue weighted by Gasteiger charge is -2.31. The lowest BCUT2D eigenvalue weighted by molar-refractivity contribution is -0.148. The Labute approximate surface area is 121 Å². The topological polar surface area (TPSA) is 66.9 Å². The first kappa shape index (κ1) is 15.0. The van der Waals surface area contributed by atoms with E-state index in [4.69, 9.17) is 4.74 Å². The number of Topliss-reactive ketones (excluding diaryl/α,β-unsaturated/α-hetero) is 1. The Bertz CT molecular complexity index is 603. The van der Waals surface area contributed by atoms with Crippen molar-refractivity contribution in [3.05, 3.63) is 29.6 Å². The summed E-state index contributed by atoms with van der Waals surface area (Å²) in [5.74, 6) is -1.37. The monoisotopic (exact) mass is 294 g/mol. The number of nitrogens with zero attached hydrogens (tertiary/aromatic N) is 2. The number of carbonyl (C=O) groups is 3. The van der Waals surface area contributed by atoms with Crippen LogP contribution in [0.3, 0.4) is 0 Å². The molecule has 0 bridgehead atoms.